The van der Waals surface area contributed by atoms with Crippen LogP contribution < -0.4 is 0 Å². The Balaban J connectivity index is 3.07. The van der Waals surface area contributed by atoms with Gasteiger partial charge in [0, 0.05) is 5.71 Å². The van der Waals surface area contributed by atoms with E-state index in [9.17, 15) is 4.39 Å². The molecule has 0 radical (unpaired) electrons. The Morgan fingerprint density at radius 3 is 2.77 bits per heavy atom. The first kappa shape index (κ1) is 9.90. The van der Waals surface area contributed by atoms with Gasteiger partial charge in [0.25, 0.3) is 0 Å². The molecule has 0 bridgehead atoms. The van der Waals surface area contributed by atoms with Gasteiger partial charge in [-0.05, 0) is 38.0 Å². The number of nitrogens with zero attached hydrogens (tertiary/aromatic N) is 1. The van der Waals surface area contributed by atoms with Gasteiger partial charge in [0.2, 0.25) is 0 Å². The maximum absolute atomic E-state index is 12.8. The number of rotatable bonds is 2. The third kappa shape index (κ3) is 2.65. The van der Waals surface area contributed by atoms with E-state index in [0.29, 0.717) is 0 Å². The van der Waals surface area contributed by atoms with Crippen molar-refractivity contribution < 1.29 is 4.39 Å². The summed E-state index contributed by atoms with van der Waals surface area (Å²) in [5.74, 6) is -0.228. The molecule has 0 saturated heterocycles. The topological polar surface area (TPSA) is 12.4 Å². The quantitative estimate of drug-likeness (QED) is 0.615. The molecule has 0 amide bonds. The number of hydrogen-bond acceptors (Lipinski definition) is 1. The largest absolute Gasteiger partial charge is 0.258 e. The second-order valence-corrected chi connectivity index (χ2v) is 3.13. The Morgan fingerprint density at radius 2 is 2.15 bits per heavy atom. The van der Waals surface area contributed by atoms with Crippen molar-refractivity contribution in [2.45, 2.75) is 27.2 Å². The summed E-state index contributed by atoms with van der Waals surface area (Å²) < 4.78 is 12.8. The number of halogens is 1. The molecule has 0 heterocycles. The summed E-state index contributed by atoms with van der Waals surface area (Å²) in [5.41, 5.74) is 2.77. The molecule has 0 N–H and O–H groups in total. The molecular formula is C11H14FN. The number of hydrogen-bond donors (Lipinski definition) is 0. The van der Waals surface area contributed by atoms with E-state index in [-0.39, 0.29) is 5.82 Å². The van der Waals surface area contributed by atoms with Crippen molar-refractivity contribution in [3.05, 3.63) is 29.6 Å². The molecule has 0 fully saturated rings. The highest BCUT2D eigenvalue weighted by Gasteiger charge is 1.98. The van der Waals surface area contributed by atoms with E-state index in [2.05, 4.69) is 4.99 Å². The molecule has 13 heavy (non-hydrogen) atoms. The minimum absolute atomic E-state index is 0.228. The fourth-order valence-corrected chi connectivity index (χ4v) is 0.988. The van der Waals surface area contributed by atoms with E-state index in [1.54, 1.807) is 6.07 Å². The van der Waals surface area contributed by atoms with Crippen molar-refractivity contribution >= 4 is 11.4 Å². The van der Waals surface area contributed by atoms with Crippen LogP contribution in [0.4, 0.5) is 10.1 Å². The van der Waals surface area contributed by atoms with Crippen LogP contribution >= 0.6 is 0 Å². The highest BCUT2D eigenvalue weighted by molar-refractivity contribution is 5.84. The van der Waals surface area contributed by atoms with Gasteiger partial charge < -0.3 is 0 Å². The summed E-state index contributed by atoms with van der Waals surface area (Å²) in [6.07, 6.45) is 0.899. The predicted molar refractivity (Wildman–Crippen MR) is 54.2 cm³/mol. The molecule has 0 aromatic heterocycles. The molecule has 2 heteroatoms. The van der Waals surface area contributed by atoms with Gasteiger partial charge in [-0.25, -0.2) is 4.39 Å². The minimum Gasteiger partial charge on any atom is -0.258 e. The third-order valence-electron chi connectivity index (χ3n) is 1.99. The number of aryl methyl sites for hydroxylation is 1. The highest BCUT2D eigenvalue weighted by atomic mass is 19.1. The standard InChI is InChI=1S/C11H14FN/c1-4-9(3)13-11-7-10(12)6-5-8(11)2/h5-7H,4H2,1-3H3. The second kappa shape index (κ2) is 4.17. The van der Waals surface area contributed by atoms with Gasteiger partial charge >= 0.3 is 0 Å². The molecule has 1 aromatic carbocycles. The molecule has 70 valence electrons. The fraction of sp³-hybridized carbons (Fsp3) is 0.364. The van der Waals surface area contributed by atoms with Crippen LogP contribution in [-0.2, 0) is 0 Å². The van der Waals surface area contributed by atoms with E-state index in [4.69, 9.17) is 0 Å². The SMILES string of the molecule is CCC(C)=Nc1cc(F)ccc1C. The monoisotopic (exact) mass is 179 g/mol. The van der Waals surface area contributed by atoms with E-state index in [1.807, 2.05) is 20.8 Å². The van der Waals surface area contributed by atoms with E-state index >= 15 is 0 Å². The molecule has 0 aliphatic carbocycles. The Morgan fingerprint density at radius 1 is 1.46 bits per heavy atom. The normalized spacial score (nSPS) is 11.8. The predicted octanol–water partition coefficient (Wildman–Crippen LogP) is 3.64. The fourth-order valence-electron chi connectivity index (χ4n) is 0.988. The zero-order valence-corrected chi connectivity index (χ0v) is 8.26. The Hall–Kier alpha value is -1.18. The van der Waals surface area contributed by atoms with Crippen LogP contribution in [0.15, 0.2) is 23.2 Å². The van der Waals surface area contributed by atoms with E-state index in [1.165, 1.54) is 12.1 Å². The zero-order valence-electron chi connectivity index (χ0n) is 8.26. The second-order valence-electron chi connectivity index (χ2n) is 3.13. The molecule has 1 nitrogen and oxygen atoms in total. The maximum Gasteiger partial charge on any atom is 0.125 e. The van der Waals surface area contributed by atoms with Crippen molar-refractivity contribution in [2.75, 3.05) is 0 Å². The molecule has 1 rings (SSSR count). The summed E-state index contributed by atoms with van der Waals surface area (Å²) >= 11 is 0. The van der Waals surface area contributed by atoms with Gasteiger partial charge in [-0.1, -0.05) is 13.0 Å². The molecule has 0 aliphatic rings. The highest BCUT2D eigenvalue weighted by Crippen LogP contribution is 2.19. The van der Waals surface area contributed by atoms with Crippen molar-refractivity contribution in [3.63, 3.8) is 0 Å². The summed E-state index contributed by atoms with van der Waals surface area (Å²) in [5, 5.41) is 0. The summed E-state index contributed by atoms with van der Waals surface area (Å²) in [7, 11) is 0. The molecule has 0 spiro atoms. The first-order valence-corrected chi connectivity index (χ1v) is 4.43. The Labute approximate surface area is 78.3 Å². The number of benzene rings is 1. The van der Waals surface area contributed by atoms with Gasteiger partial charge in [0.15, 0.2) is 0 Å². The third-order valence-corrected chi connectivity index (χ3v) is 1.99. The molecule has 0 atom stereocenters. The number of aliphatic imine (C=N–C) groups is 1. The lowest BCUT2D eigenvalue weighted by molar-refractivity contribution is 0.628. The maximum atomic E-state index is 12.8. The summed E-state index contributed by atoms with van der Waals surface area (Å²) in [6.45, 7) is 5.92. The average molecular weight is 179 g/mol. The van der Waals surface area contributed by atoms with Crippen LogP contribution in [0, 0.1) is 12.7 Å². The first-order chi connectivity index (χ1) is 6.13. The summed E-state index contributed by atoms with van der Waals surface area (Å²) in [4.78, 5) is 4.31. The first-order valence-electron chi connectivity index (χ1n) is 4.43. The lowest BCUT2D eigenvalue weighted by Crippen LogP contribution is -1.87. The zero-order chi connectivity index (χ0) is 9.84. The molecule has 0 unspecified atom stereocenters. The van der Waals surface area contributed by atoms with Gasteiger partial charge in [-0.3, -0.25) is 4.99 Å². The van der Waals surface area contributed by atoms with Crippen LogP contribution in [0.2, 0.25) is 0 Å². The van der Waals surface area contributed by atoms with Gasteiger partial charge in [-0.2, -0.15) is 0 Å². The Kier molecular flexibility index (Phi) is 3.18. The summed E-state index contributed by atoms with van der Waals surface area (Å²) in [6, 6.07) is 4.67. The average Bonchev–Trinajstić information content (AvgIpc) is 2.11. The molecule has 0 saturated carbocycles. The van der Waals surface area contributed by atoms with Crippen LogP contribution in [-0.4, -0.2) is 5.71 Å². The van der Waals surface area contributed by atoms with Gasteiger partial charge in [-0.15, -0.1) is 0 Å². The molecular weight excluding hydrogens is 165 g/mol. The molecule has 0 aliphatic heterocycles. The van der Waals surface area contributed by atoms with Crippen LogP contribution in [0.5, 0.6) is 0 Å². The van der Waals surface area contributed by atoms with Crippen molar-refractivity contribution in [1.82, 2.24) is 0 Å². The minimum atomic E-state index is -0.228. The Bertz CT molecular complexity index is 329. The van der Waals surface area contributed by atoms with Crippen molar-refractivity contribution in [2.24, 2.45) is 4.99 Å². The van der Waals surface area contributed by atoms with Gasteiger partial charge in [0.05, 0.1) is 5.69 Å². The van der Waals surface area contributed by atoms with E-state index in [0.717, 1.165) is 23.4 Å². The van der Waals surface area contributed by atoms with Gasteiger partial charge in [0.1, 0.15) is 5.82 Å². The smallest absolute Gasteiger partial charge is 0.125 e. The lowest BCUT2D eigenvalue weighted by atomic mass is 10.2. The van der Waals surface area contributed by atoms with E-state index < -0.39 is 0 Å². The molecule has 1 aromatic rings. The van der Waals surface area contributed by atoms with Crippen molar-refractivity contribution in [1.29, 1.82) is 0 Å². The van der Waals surface area contributed by atoms with Crippen LogP contribution in [0.3, 0.4) is 0 Å². The lowest BCUT2D eigenvalue weighted by Gasteiger charge is -2.01. The van der Waals surface area contributed by atoms with Crippen LogP contribution in [0.1, 0.15) is 25.8 Å². The van der Waals surface area contributed by atoms with Crippen molar-refractivity contribution in [3.8, 4) is 0 Å². The van der Waals surface area contributed by atoms with Crippen LogP contribution in [0.25, 0.3) is 0 Å².